The van der Waals surface area contributed by atoms with Gasteiger partial charge >= 0.3 is 0 Å². The lowest BCUT2D eigenvalue weighted by molar-refractivity contribution is 0.00523. The van der Waals surface area contributed by atoms with Crippen molar-refractivity contribution >= 4 is 0 Å². The molecule has 2 rings (SSSR count). The maximum Gasteiger partial charge on any atom is 0.126 e. The molecule has 1 aromatic carbocycles. The van der Waals surface area contributed by atoms with Crippen LogP contribution in [0.25, 0.3) is 0 Å². The number of halogens is 2. The summed E-state index contributed by atoms with van der Waals surface area (Å²) in [5.74, 6) is 4.41. The fourth-order valence-electron chi connectivity index (χ4n) is 2.53. The Kier molecular flexibility index (Phi) is 5.24. The van der Waals surface area contributed by atoms with Crippen LogP contribution in [0.3, 0.4) is 0 Å². The quantitative estimate of drug-likeness (QED) is 0.637. The summed E-state index contributed by atoms with van der Waals surface area (Å²) < 4.78 is 31.9. The first kappa shape index (κ1) is 14.4. The van der Waals surface area contributed by atoms with Gasteiger partial charge in [-0.1, -0.05) is 0 Å². The molecule has 0 saturated carbocycles. The third-order valence-electron chi connectivity index (χ3n) is 3.46. The smallest absolute Gasteiger partial charge is 0.126 e. The number of hydrogen-bond donors (Lipinski definition) is 2. The molecule has 1 aliphatic rings. The Hall–Kier alpha value is -1.04. The van der Waals surface area contributed by atoms with Gasteiger partial charge in [-0.3, -0.25) is 11.3 Å². The van der Waals surface area contributed by atoms with Crippen molar-refractivity contribution in [2.24, 2.45) is 5.84 Å². The number of ether oxygens (including phenoxy) is 1. The average molecular weight is 270 g/mol. The minimum absolute atomic E-state index is 0.0377. The molecule has 1 heterocycles. The fourth-order valence-corrected chi connectivity index (χ4v) is 2.53. The van der Waals surface area contributed by atoms with Crippen molar-refractivity contribution in [1.82, 2.24) is 5.43 Å². The molecule has 3 nitrogen and oxygen atoms in total. The molecule has 1 aliphatic heterocycles. The first-order chi connectivity index (χ1) is 9.17. The molecule has 1 aromatic rings. The molecule has 5 heteroatoms. The SMILES string of the molecule is NNC(Cc1cc(F)cc(F)c1)CC1CCCCO1. The Morgan fingerprint density at radius 2 is 2.00 bits per heavy atom. The van der Waals surface area contributed by atoms with E-state index in [2.05, 4.69) is 5.43 Å². The van der Waals surface area contributed by atoms with E-state index in [0.717, 1.165) is 38.4 Å². The van der Waals surface area contributed by atoms with Gasteiger partial charge in [0.25, 0.3) is 0 Å². The normalized spacial score (nSPS) is 21.3. The zero-order valence-corrected chi connectivity index (χ0v) is 10.9. The maximum absolute atomic E-state index is 13.1. The van der Waals surface area contributed by atoms with E-state index in [1.54, 1.807) is 0 Å². The Morgan fingerprint density at radius 3 is 2.58 bits per heavy atom. The highest BCUT2D eigenvalue weighted by molar-refractivity contribution is 5.19. The van der Waals surface area contributed by atoms with Crippen molar-refractivity contribution in [2.45, 2.75) is 44.2 Å². The van der Waals surface area contributed by atoms with Crippen molar-refractivity contribution in [3.05, 3.63) is 35.4 Å². The molecule has 106 valence electrons. The molecule has 3 N–H and O–H groups in total. The van der Waals surface area contributed by atoms with E-state index in [1.807, 2.05) is 0 Å². The van der Waals surface area contributed by atoms with Crippen LogP contribution in [0.15, 0.2) is 18.2 Å². The van der Waals surface area contributed by atoms with Crippen molar-refractivity contribution in [3.63, 3.8) is 0 Å². The third kappa shape index (κ3) is 4.53. The predicted octanol–water partition coefficient (Wildman–Crippen LogP) is 2.30. The summed E-state index contributed by atoms with van der Waals surface area (Å²) in [5, 5.41) is 0. The number of hydrazine groups is 1. The molecule has 2 unspecified atom stereocenters. The van der Waals surface area contributed by atoms with Gasteiger partial charge in [-0.2, -0.15) is 0 Å². The van der Waals surface area contributed by atoms with Crippen LogP contribution < -0.4 is 11.3 Å². The Morgan fingerprint density at radius 1 is 1.26 bits per heavy atom. The van der Waals surface area contributed by atoms with Crippen LogP contribution in [-0.2, 0) is 11.2 Å². The van der Waals surface area contributed by atoms with Gasteiger partial charge in [-0.25, -0.2) is 8.78 Å². The fraction of sp³-hybridized carbons (Fsp3) is 0.571. The molecule has 2 atom stereocenters. The summed E-state index contributed by atoms with van der Waals surface area (Å²) in [5.41, 5.74) is 3.32. The minimum atomic E-state index is -0.556. The van der Waals surface area contributed by atoms with Crippen LogP contribution in [0.5, 0.6) is 0 Å². The minimum Gasteiger partial charge on any atom is -0.378 e. The lowest BCUT2D eigenvalue weighted by Gasteiger charge is -2.26. The molecule has 0 radical (unpaired) electrons. The number of nitrogens with two attached hydrogens (primary N) is 1. The van der Waals surface area contributed by atoms with Crippen LogP contribution >= 0.6 is 0 Å². The van der Waals surface area contributed by atoms with Gasteiger partial charge in [0.05, 0.1) is 6.10 Å². The predicted molar refractivity (Wildman–Crippen MR) is 69.4 cm³/mol. The summed E-state index contributed by atoms with van der Waals surface area (Å²) in [4.78, 5) is 0. The number of nitrogens with one attached hydrogen (secondary N) is 1. The first-order valence-electron chi connectivity index (χ1n) is 6.70. The summed E-state index contributed by atoms with van der Waals surface area (Å²) in [7, 11) is 0. The molecule has 0 spiro atoms. The zero-order chi connectivity index (χ0) is 13.7. The molecule has 19 heavy (non-hydrogen) atoms. The Balaban J connectivity index is 1.93. The third-order valence-corrected chi connectivity index (χ3v) is 3.46. The van der Waals surface area contributed by atoms with E-state index in [9.17, 15) is 8.78 Å². The summed E-state index contributed by atoms with van der Waals surface area (Å²) in [6, 6.07) is 3.52. The van der Waals surface area contributed by atoms with Gasteiger partial charge in [-0.15, -0.1) is 0 Å². The highest BCUT2D eigenvalue weighted by Gasteiger charge is 2.19. The van der Waals surface area contributed by atoms with Crippen molar-refractivity contribution in [3.8, 4) is 0 Å². The van der Waals surface area contributed by atoms with E-state index >= 15 is 0 Å². The molecule has 1 saturated heterocycles. The maximum atomic E-state index is 13.1. The van der Waals surface area contributed by atoms with Crippen LogP contribution in [0, 0.1) is 11.6 Å². The molecule has 0 aromatic heterocycles. The van der Waals surface area contributed by atoms with Gasteiger partial charge in [0, 0.05) is 18.7 Å². The average Bonchev–Trinajstić information content (AvgIpc) is 2.38. The van der Waals surface area contributed by atoms with Crippen molar-refractivity contribution in [2.75, 3.05) is 6.61 Å². The second-order valence-electron chi connectivity index (χ2n) is 5.07. The largest absolute Gasteiger partial charge is 0.378 e. The zero-order valence-electron chi connectivity index (χ0n) is 10.9. The molecule has 0 amide bonds. The second kappa shape index (κ2) is 6.93. The first-order valence-corrected chi connectivity index (χ1v) is 6.70. The standard InChI is InChI=1S/C14H20F2N2O/c15-11-5-10(6-12(16)8-11)7-13(18-17)9-14-3-1-2-4-19-14/h5-6,8,13-14,18H,1-4,7,9,17H2. The van der Waals surface area contributed by atoms with Gasteiger partial charge in [0.15, 0.2) is 0 Å². The van der Waals surface area contributed by atoms with Crippen molar-refractivity contribution < 1.29 is 13.5 Å². The number of rotatable bonds is 5. The van der Waals surface area contributed by atoms with Crippen LogP contribution in [-0.4, -0.2) is 18.8 Å². The van der Waals surface area contributed by atoms with E-state index in [0.29, 0.717) is 12.0 Å². The van der Waals surface area contributed by atoms with E-state index in [-0.39, 0.29) is 12.1 Å². The molecule has 0 aliphatic carbocycles. The lowest BCUT2D eigenvalue weighted by atomic mass is 9.97. The molecular formula is C14H20F2N2O. The number of hydrogen-bond acceptors (Lipinski definition) is 3. The molecular weight excluding hydrogens is 250 g/mol. The highest BCUT2D eigenvalue weighted by Crippen LogP contribution is 2.19. The topological polar surface area (TPSA) is 47.3 Å². The monoisotopic (exact) mass is 270 g/mol. The second-order valence-corrected chi connectivity index (χ2v) is 5.07. The lowest BCUT2D eigenvalue weighted by Crippen LogP contribution is -2.40. The van der Waals surface area contributed by atoms with Crippen LogP contribution in [0.2, 0.25) is 0 Å². The van der Waals surface area contributed by atoms with Gasteiger partial charge < -0.3 is 4.74 Å². The highest BCUT2D eigenvalue weighted by atomic mass is 19.1. The van der Waals surface area contributed by atoms with Gasteiger partial charge in [-0.05, 0) is 49.8 Å². The molecule has 1 fully saturated rings. The van der Waals surface area contributed by atoms with E-state index in [1.165, 1.54) is 12.1 Å². The van der Waals surface area contributed by atoms with Crippen LogP contribution in [0.4, 0.5) is 8.78 Å². The summed E-state index contributed by atoms with van der Waals surface area (Å²) in [6.45, 7) is 0.788. The van der Waals surface area contributed by atoms with Gasteiger partial charge in [0.2, 0.25) is 0 Å². The summed E-state index contributed by atoms with van der Waals surface area (Å²) >= 11 is 0. The Bertz CT molecular complexity index is 388. The van der Waals surface area contributed by atoms with Gasteiger partial charge in [0.1, 0.15) is 11.6 Å². The summed E-state index contributed by atoms with van der Waals surface area (Å²) in [6.07, 6.45) is 4.73. The van der Waals surface area contributed by atoms with Crippen LogP contribution in [0.1, 0.15) is 31.2 Å². The van der Waals surface area contributed by atoms with E-state index in [4.69, 9.17) is 10.6 Å². The molecule has 0 bridgehead atoms. The number of benzene rings is 1. The van der Waals surface area contributed by atoms with Crippen molar-refractivity contribution in [1.29, 1.82) is 0 Å². The Labute approximate surface area is 112 Å². The van der Waals surface area contributed by atoms with E-state index < -0.39 is 11.6 Å².